The van der Waals surface area contributed by atoms with Crippen molar-refractivity contribution in [1.82, 2.24) is 9.97 Å². The molecule has 3 heterocycles. The molecule has 0 unspecified atom stereocenters. The number of fused-ring (bicyclic) bond motifs is 2. The number of anilines is 3. The standard InChI is InChI=1S/C27H23N3O2/c1-27(2)19-9-4-5-12-23(19)30(25-13-6-7-16-28-25)24-17-18(14-15-20(24)27)21-10-8-11-22(29-21)26(31)32-3/h4-17H,1-3H3. The number of carbonyl (C=O) groups is 1. The molecule has 0 aliphatic carbocycles. The molecule has 0 bridgehead atoms. The van der Waals surface area contributed by atoms with Crippen molar-refractivity contribution in [3.05, 3.63) is 102 Å². The summed E-state index contributed by atoms with van der Waals surface area (Å²) in [4.78, 5) is 23.4. The van der Waals surface area contributed by atoms with Crippen LogP contribution in [0.3, 0.4) is 0 Å². The first-order chi connectivity index (χ1) is 15.5. The van der Waals surface area contributed by atoms with Crippen molar-refractivity contribution in [1.29, 1.82) is 0 Å². The third-order valence-electron chi connectivity index (χ3n) is 6.05. The topological polar surface area (TPSA) is 55.3 Å². The molecule has 0 spiro atoms. The lowest BCUT2D eigenvalue weighted by Gasteiger charge is -2.41. The highest BCUT2D eigenvalue weighted by Crippen LogP contribution is 2.51. The number of hydrogen-bond donors (Lipinski definition) is 0. The second kappa shape index (κ2) is 7.61. The van der Waals surface area contributed by atoms with Gasteiger partial charge >= 0.3 is 5.97 Å². The largest absolute Gasteiger partial charge is 0.464 e. The van der Waals surface area contributed by atoms with Gasteiger partial charge in [0.1, 0.15) is 11.5 Å². The zero-order valence-corrected chi connectivity index (χ0v) is 18.2. The fourth-order valence-corrected chi connectivity index (χ4v) is 4.42. The van der Waals surface area contributed by atoms with Crippen molar-refractivity contribution in [2.24, 2.45) is 0 Å². The summed E-state index contributed by atoms with van der Waals surface area (Å²) in [5, 5.41) is 0. The second-order valence-electron chi connectivity index (χ2n) is 8.30. The molecule has 0 atom stereocenters. The van der Waals surface area contributed by atoms with Gasteiger partial charge in [-0.05, 0) is 47.5 Å². The van der Waals surface area contributed by atoms with Gasteiger partial charge in [0.2, 0.25) is 0 Å². The van der Waals surface area contributed by atoms with Gasteiger partial charge in [-0.3, -0.25) is 4.90 Å². The van der Waals surface area contributed by atoms with Gasteiger partial charge in [-0.25, -0.2) is 14.8 Å². The highest BCUT2D eigenvalue weighted by atomic mass is 16.5. The minimum Gasteiger partial charge on any atom is -0.464 e. The molecule has 1 aliphatic heterocycles. The Morgan fingerprint density at radius 3 is 2.44 bits per heavy atom. The summed E-state index contributed by atoms with van der Waals surface area (Å²) in [7, 11) is 1.36. The normalized spacial score (nSPS) is 13.8. The molecule has 2 aromatic heterocycles. The molecule has 0 N–H and O–H groups in total. The van der Waals surface area contributed by atoms with E-state index in [-0.39, 0.29) is 11.1 Å². The van der Waals surface area contributed by atoms with E-state index in [4.69, 9.17) is 4.74 Å². The smallest absolute Gasteiger partial charge is 0.356 e. The van der Waals surface area contributed by atoms with Crippen LogP contribution in [-0.2, 0) is 10.2 Å². The summed E-state index contributed by atoms with van der Waals surface area (Å²) < 4.78 is 4.84. The summed E-state index contributed by atoms with van der Waals surface area (Å²) in [6.45, 7) is 4.49. The summed E-state index contributed by atoms with van der Waals surface area (Å²) in [6.07, 6.45) is 1.81. The van der Waals surface area contributed by atoms with Crippen LogP contribution in [0.15, 0.2) is 85.1 Å². The number of rotatable bonds is 3. The molecule has 0 saturated heterocycles. The summed E-state index contributed by atoms with van der Waals surface area (Å²) >= 11 is 0. The van der Waals surface area contributed by atoms with Crippen LogP contribution in [0.5, 0.6) is 0 Å². The molecule has 32 heavy (non-hydrogen) atoms. The second-order valence-corrected chi connectivity index (χ2v) is 8.30. The van der Waals surface area contributed by atoms with E-state index in [9.17, 15) is 4.79 Å². The first-order valence-electron chi connectivity index (χ1n) is 10.5. The fraction of sp³-hybridized carbons (Fsp3) is 0.148. The summed E-state index contributed by atoms with van der Waals surface area (Å²) in [5.41, 5.74) is 6.35. The highest BCUT2D eigenvalue weighted by Gasteiger charge is 2.37. The predicted molar refractivity (Wildman–Crippen MR) is 126 cm³/mol. The monoisotopic (exact) mass is 421 g/mol. The Labute approximate surface area is 187 Å². The van der Waals surface area contributed by atoms with Gasteiger partial charge in [0, 0.05) is 17.2 Å². The molecule has 4 aromatic rings. The Balaban J connectivity index is 1.73. The van der Waals surface area contributed by atoms with Crippen LogP contribution in [0, 0.1) is 0 Å². The van der Waals surface area contributed by atoms with Crippen molar-refractivity contribution >= 4 is 23.2 Å². The molecule has 2 aromatic carbocycles. The number of methoxy groups -OCH3 is 1. The number of hydrogen-bond acceptors (Lipinski definition) is 5. The maximum absolute atomic E-state index is 12.0. The third kappa shape index (κ3) is 3.14. The van der Waals surface area contributed by atoms with Gasteiger partial charge in [0.25, 0.3) is 0 Å². The molecule has 0 radical (unpaired) electrons. The van der Waals surface area contributed by atoms with Gasteiger partial charge in [0.05, 0.1) is 24.2 Å². The van der Waals surface area contributed by atoms with Crippen molar-refractivity contribution in [3.8, 4) is 11.3 Å². The van der Waals surface area contributed by atoms with Crippen molar-refractivity contribution in [2.75, 3.05) is 12.0 Å². The number of benzene rings is 2. The molecule has 158 valence electrons. The maximum Gasteiger partial charge on any atom is 0.356 e. The van der Waals surface area contributed by atoms with E-state index in [0.717, 1.165) is 22.8 Å². The lowest BCUT2D eigenvalue weighted by molar-refractivity contribution is 0.0594. The van der Waals surface area contributed by atoms with E-state index in [2.05, 4.69) is 71.2 Å². The van der Waals surface area contributed by atoms with E-state index in [1.165, 1.54) is 18.2 Å². The summed E-state index contributed by atoms with van der Waals surface area (Å²) in [5.74, 6) is 0.403. The van der Waals surface area contributed by atoms with E-state index in [1.807, 2.05) is 36.5 Å². The number of pyridine rings is 2. The zero-order valence-electron chi connectivity index (χ0n) is 18.2. The van der Waals surface area contributed by atoms with Crippen LogP contribution in [0.4, 0.5) is 17.2 Å². The number of aromatic nitrogens is 2. The van der Waals surface area contributed by atoms with Crippen LogP contribution >= 0.6 is 0 Å². The third-order valence-corrected chi connectivity index (χ3v) is 6.05. The minimum absolute atomic E-state index is 0.184. The first kappa shape index (κ1) is 19.9. The summed E-state index contributed by atoms with van der Waals surface area (Å²) in [6, 6.07) is 26.1. The van der Waals surface area contributed by atoms with Crippen LogP contribution in [0.1, 0.15) is 35.5 Å². The molecule has 1 aliphatic rings. The number of ether oxygens (including phenoxy) is 1. The van der Waals surface area contributed by atoms with Crippen LogP contribution in [-0.4, -0.2) is 23.0 Å². The maximum atomic E-state index is 12.0. The Morgan fingerprint density at radius 1 is 0.875 bits per heavy atom. The van der Waals surface area contributed by atoms with E-state index in [0.29, 0.717) is 5.69 Å². The quantitative estimate of drug-likeness (QED) is 0.378. The van der Waals surface area contributed by atoms with Crippen molar-refractivity contribution < 1.29 is 9.53 Å². The van der Waals surface area contributed by atoms with Crippen LogP contribution in [0.2, 0.25) is 0 Å². The highest BCUT2D eigenvalue weighted by molar-refractivity contribution is 5.89. The fourth-order valence-electron chi connectivity index (χ4n) is 4.42. The molecule has 5 nitrogen and oxygen atoms in total. The number of carbonyl (C=O) groups excluding carboxylic acids is 1. The minimum atomic E-state index is -0.449. The van der Waals surface area contributed by atoms with E-state index >= 15 is 0 Å². The Kier molecular flexibility index (Phi) is 4.74. The molecule has 0 saturated carbocycles. The number of esters is 1. The van der Waals surface area contributed by atoms with Crippen LogP contribution in [0.25, 0.3) is 11.3 Å². The van der Waals surface area contributed by atoms with Gasteiger partial charge in [-0.15, -0.1) is 0 Å². The zero-order chi connectivity index (χ0) is 22.3. The Morgan fingerprint density at radius 2 is 1.66 bits per heavy atom. The van der Waals surface area contributed by atoms with Gasteiger partial charge in [0.15, 0.2) is 0 Å². The molecule has 0 fully saturated rings. The van der Waals surface area contributed by atoms with Gasteiger partial charge in [-0.1, -0.05) is 56.3 Å². The molecule has 0 amide bonds. The lowest BCUT2D eigenvalue weighted by Crippen LogP contribution is -2.30. The van der Waals surface area contributed by atoms with Crippen molar-refractivity contribution in [2.45, 2.75) is 19.3 Å². The first-order valence-corrected chi connectivity index (χ1v) is 10.5. The Hall–Kier alpha value is -3.99. The van der Waals surface area contributed by atoms with E-state index < -0.39 is 5.97 Å². The number of para-hydroxylation sites is 1. The van der Waals surface area contributed by atoms with Gasteiger partial charge in [-0.2, -0.15) is 0 Å². The van der Waals surface area contributed by atoms with Gasteiger partial charge < -0.3 is 4.74 Å². The van der Waals surface area contributed by atoms with Crippen molar-refractivity contribution in [3.63, 3.8) is 0 Å². The average Bonchev–Trinajstić information content (AvgIpc) is 2.84. The molecule has 5 heteroatoms. The molecule has 5 rings (SSSR count). The number of nitrogens with zero attached hydrogens (tertiary/aromatic N) is 3. The predicted octanol–water partition coefficient (Wildman–Crippen LogP) is 6.04. The molecular weight excluding hydrogens is 398 g/mol. The SMILES string of the molecule is COC(=O)c1cccc(-c2ccc3c(c2)N(c2ccccn2)c2ccccc2C3(C)C)n1. The van der Waals surface area contributed by atoms with E-state index in [1.54, 1.807) is 6.07 Å². The lowest BCUT2D eigenvalue weighted by atomic mass is 9.73. The Bertz CT molecular complexity index is 1320. The average molecular weight is 422 g/mol. The molecular formula is C27H23N3O2. The van der Waals surface area contributed by atoms with Crippen LogP contribution < -0.4 is 4.90 Å².